The third kappa shape index (κ3) is 10.2. The number of hydrogen-bond acceptors (Lipinski definition) is 4. The van der Waals surface area contributed by atoms with Gasteiger partial charge in [-0.1, -0.05) is 12.2 Å². The van der Waals surface area contributed by atoms with Crippen LogP contribution in [0.25, 0.3) is 0 Å². The predicted molar refractivity (Wildman–Crippen MR) is 77.8 cm³/mol. The number of nitrogens with two attached hydrogens (primary N) is 4. The number of carbonyl (C=O) groups excluding carboxylic acids is 2. The molecular weight excluding hydrogens is 260 g/mol. The number of hydrogen-bond donors (Lipinski definition) is 4. The molecule has 0 radical (unpaired) electrons. The van der Waals surface area contributed by atoms with Gasteiger partial charge < -0.3 is 11.5 Å². The average molecular weight is 286 g/mol. The van der Waals surface area contributed by atoms with E-state index in [4.69, 9.17) is 23.2 Å². The van der Waals surface area contributed by atoms with Gasteiger partial charge in [-0.2, -0.15) is 0 Å². The van der Waals surface area contributed by atoms with Gasteiger partial charge in [-0.3, -0.25) is 10.0 Å². The molecule has 0 saturated heterocycles. The molecule has 0 aromatic carbocycles. The zero-order valence-corrected chi connectivity index (χ0v) is 11.8. The van der Waals surface area contributed by atoms with Crippen LogP contribution in [0.15, 0.2) is 12.2 Å². The van der Waals surface area contributed by atoms with E-state index in [9.17, 15) is 9.59 Å². The molecule has 8 nitrogen and oxygen atoms in total. The number of urea groups is 2. The Kier molecular flexibility index (Phi) is 10.1. The molecule has 0 aromatic heterocycles. The van der Waals surface area contributed by atoms with Crippen molar-refractivity contribution in [1.82, 2.24) is 10.0 Å². The number of unbranched alkanes of at least 4 members (excludes halogenated alkanes) is 4. The molecule has 0 saturated carbocycles. The fourth-order valence-corrected chi connectivity index (χ4v) is 1.54. The van der Waals surface area contributed by atoms with E-state index in [2.05, 4.69) is 12.2 Å². The molecule has 0 spiro atoms. The molecule has 0 rings (SSSR count). The third-order valence-electron chi connectivity index (χ3n) is 2.77. The minimum absolute atomic E-state index is 0.475. The van der Waals surface area contributed by atoms with E-state index >= 15 is 0 Å². The van der Waals surface area contributed by atoms with Crippen molar-refractivity contribution >= 4 is 12.1 Å². The molecule has 0 aliphatic heterocycles. The van der Waals surface area contributed by atoms with Gasteiger partial charge in [-0.25, -0.2) is 21.3 Å². The fourth-order valence-electron chi connectivity index (χ4n) is 1.54. The summed E-state index contributed by atoms with van der Waals surface area (Å²) in [6, 6.07) is -1.21. The van der Waals surface area contributed by atoms with Gasteiger partial charge in [0.1, 0.15) is 0 Å². The van der Waals surface area contributed by atoms with Crippen molar-refractivity contribution < 1.29 is 9.59 Å². The third-order valence-corrected chi connectivity index (χ3v) is 2.77. The van der Waals surface area contributed by atoms with Gasteiger partial charge in [0.05, 0.1) is 0 Å². The summed E-state index contributed by atoms with van der Waals surface area (Å²) in [4.78, 5) is 21.2. The molecule has 0 bridgehead atoms. The zero-order valence-electron chi connectivity index (χ0n) is 11.8. The normalized spacial score (nSPS) is 10.7. The van der Waals surface area contributed by atoms with Crippen LogP contribution in [0.4, 0.5) is 9.59 Å². The molecule has 0 fully saturated rings. The second-order valence-corrected chi connectivity index (χ2v) is 4.53. The number of nitrogens with zero attached hydrogens (tertiary/aromatic N) is 2. The van der Waals surface area contributed by atoms with E-state index < -0.39 is 12.1 Å². The van der Waals surface area contributed by atoms with Gasteiger partial charge in [-0.15, -0.1) is 0 Å². The first kappa shape index (κ1) is 18.2. The van der Waals surface area contributed by atoms with Crippen molar-refractivity contribution in [2.24, 2.45) is 23.2 Å². The molecular formula is C12H26N6O2. The maximum atomic E-state index is 10.6. The van der Waals surface area contributed by atoms with Crippen molar-refractivity contribution in [1.29, 1.82) is 0 Å². The van der Waals surface area contributed by atoms with Crippen molar-refractivity contribution in [2.45, 2.75) is 38.5 Å². The van der Waals surface area contributed by atoms with Crippen LogP contribution < -0.4 is 23.2 Å². The van der Waals surface area contributed by atoms with Crippen LogP contribution in [0, 0.1) is 0 Å². The lowest BCUT2D eigenvalue weighted by atomic mass is 10.2. The van der Waals surface area contributed by atoms with E-state index in [1.807, 2.05) is 0 Å². The monoisotopic (exact) mass is 286 g/mol. The van der Waals surface area contributed by atoms with Gasteiger partial charge >= 0.3 is 12.1 Å². The molecule has 0 heterocycles. The standard InChI is InChI=1S/C12H26N6O2/c13-11(19)17(15)9-7-5-3-1-2-4-6-8-10-18(16)12(14)20/h1-2H,3-10,15-16H2,(H2,13,19)(H2,14,20). The minimum Gasteiger partial charge on any atom is -0.350 e. The highest BCUT2D eigenvalue weighted by molar-refractivity contribution is 5.71. The molecule has 0 aromatic rings. The van der Waals surface area contributed by atoms with Crippen molar-refractivity contribution in [3.8, 4) is 0 Å². The quantitative estimate of drug-likeness (QED) is 0.151. The second kappa shape index (κ2) is 11.1. The number of primary amides is 2. The molecule has 8 heteroatoms. The van der Waals surface area contributed by atoms with E-state index in [0.717, 1.165) is 48.5 Å². The summed E-state index contributed by atoms with van der Waals surface area (Å²) in [5.74, 6) is 10.7. The van der Waals surface area contributed by atoms with Crippen LogP contribution in [0.1, 0.15) is 38.5 Å². The Bertz CT molecular complexity index is 291. The largest absolute Gasteiger partial charge is 0.350 e. The van der Waals surface area contributed by atoms with Crippen LogP contribution in [0.5, 0.6) is 0 Å². The first-order valence-electron chi connectivity index (χ1n) is 6.73. The Morgan fingerprint density at radius 1 is 0.750 bits per heavy atom. The first-order valence-corrected chi connectivity index (χ1v) is 6.73. The van der Waals surface area contributed by atoms with Gasteiger partial charge in [0.2, 0.25) is 0 Å². The summed E-state index contributed by atoms with van der Waals surface area (Å²) in [5, 5.41) is 2.03. The predicted octanol–water partition coefficient (Wildman–Crippen LogP) is 0.392. The highest BCUT2D eigenvalue weighted by Gasteiger charge is 2.02. The Morgan fingerprint density at radius 3 is 1.40 bits per heavy atom. The molecule has 4 amide bonds. The maximum Gasteiger partial charge on any atom is 0.328 e. The second-order valence-electron chi connectivity index (χ2n) is 4.53. The molecule has 0 unspecified atom stereocenters. The number of rotatable bonds is 10. The lowest BCUT2D eigenvalue weighted by Gasteiger charge is -2.12. The summed E-state index contributed by atoms with van der Waals surface area (Å²) >= 11 is 0. The van der Waals surface area contributed by atoms with Crippen LogP contribution in [-0.4, -0.2) is 35.2 Å². The van der Waals surface area contributed by atoms with Crippen LogP contribution >= 0.6 is 0 Å². The van der Waals surface area contributed by atoms with E-state index in [0.29, 0.717) is 13.1 Å². The molecule has 8 N–H and O–H groups in total. The van der Waals surface area contributed by atoms with Crippen LogP contribution in [0.2, 0.25) is 0 Å². The van der Waals surface area contributed by atoms with Crippen molar-refractivity contribution in [3.63, 3.8) is 0 Å². The highest BCUT2D eigenvalue weighted by Crippen LogP contribution is 2.02. The van der Waals surface area contributed by atoms with Crippen LogP contribution in [0.3, 0.4) is 0 Å². The topological polar surface area (TPSA) is 145 Å². The molecule has 0 aliphatic carbocycles. The molecule has 0 aliphatic rings. The summed E-state index contributed by atoms with van der Waals surface area (Å²) in [6.45, 7) is 0.950. The Morgan fingerprint density at radius 2 is 1.10 bits per heavy atom. The van der Waals surface area contributed by atoms with E-state index in [1.54, 1.807) is 0 Å². The maximum absolute atomic E-state index is 10.6. The molecule has 0 atom stereocenters. The summed E-state index contributed by atoms with van der Waals surface area (Å²) in [6.07, 6.45) is 9.63. The SMILES string of the molecule is NC(=O)N(N)CCCCC=CCCCCN(N)C(N)=O. The fraction of sp³-hybridized carbons (Fsp3) is 0.667. The highest BCUT2D eigenvalue weighted by atomic mass is 16.2. The van der Waals surface area contributed by atoms with Gasteiger partial charge in [-0.05, 0) is 38.5 Å². The summed E-state index contributed by atoms with van der Waals surface area (Å²) in [7, 11) is 0. The van der Waals surface area contributed by atoms with Crippen LogP contribution in [-0.2, 0) is 0 Å². The zero-order chi connectivity index (χ0) is 15.4. The van der Waals surface area contributed by atoms with Gasteiger partial charge in [0, 0.05) is 13.1 Å². The number of hydrazine groups is 2. The smallest absolute Gasteiger partial charge is 0.328 e. The number of allylic oxidation sites excluding steroid dienone is 2. The van der Waals surface area contributed by atoms with Crippen molar-refractivity contribution in [3.05, 3.63) is 12.2 Å². The molecule has 20 heavy (non-hydrogen) atoms. The van der Waals surface area contributed by atoms with Gasteiger partial charge in [0.15, 0.2) is 0 Å². The Hall–Kier alpha value is -1.80. The number of amides is 4. The summed E-state index contributed by atoms with van der Waals surface area (Å²) < 4.78 is 0. The molecule has 116 valence electrons. The van der Waals surface area contributed by atoms with E-state index in [-0.39, 0.29) is 0 Å². The Balaban J connectivity index is 3.37. The first-order chi connectivity index (χ1) is 9.45. The van der Waals surface area contributed by atoms with Gasteiger partial charge in [0.25, 0.3) is 0 Å². The Labute approximate surface area is 119 Å². The lowest BCUT2D eigenvalue weighted by Crippen LogP contribution is -2.41. The van der Waals surface area contributed by atoms with Crippen molar-refractivity contribution in [2.75, 3.05) is 13.1 Å². The van der Waals surface area contributed by atoms with E-state index in [1.165, 1.54) is 0 Å². The summed E-state index contributed by atoms with van der Waals surface area (Å²) in [5.41, 5.74) is 9.98. The average Bonchev–Trinajstić information content (AvgIpc) is 2.39. The number of carbonyl (C=O) groups is 2. The lowest BCUT2D eigenvalue weighted by molar-refractivity contribution is 0.207. The minimum atomic E-state index is -0.606.